The first-order valence-corrected chi connectivity index (χ1v) is 2.44. The largest absolute Gasteiger partial charge is 0.208 e. The number of hydrogen-bond acceptors (Lipinski definition) is 1. The zero-order chi connectivity index (χ0) is 5.98. The monoisotopic (exact) mass is 108 g/mol. The molecule has 0 aliphatic rings. The van der Waals surface area contributed by atoms with E-state index < -0.39 is 0 Å². The molecule has 1 aromatic rings. The molecule has 0 unspecified atom stereocenters. The standard InChI is InChI=1S/C6H8N2/c1-6-4-2-3-5-8(6)7/h3-5H,7H2,1H3/q+1. The van der Waals surface area contributed by atoms with Gasteiger partial charge in [0.25, 0.3) is 0 Å². The molecule has 0 aliphatic carbocycles. The van der Waals surface area contributed by atoms with Gasteiger partial charge in [0.1, 0.15) is 0 Å². The van der Waals surface area contributed by atoms with Gasteiger partial charge in [-0.2, -0.15) is 0 Å². The lowest BCUT2D eigenvalue weighted by molar-refractivity contribution is -0.645. The summed E-state index contributed by atoms with van der Waals surface area (Å²) in [6.07, 6.45) is 1.76. The molecule has 0 aromatic carbocycles. The average Bonchev–Trinajstić information content (AvgIpc) is 1.77. The first kappa shape index (κ1) is 5.09. The van der Waals surface area contributed by atoms with Crippen molar-refractivity contribution in [3.05, 3.63) is 30.1 Å². The summed E-state index contributed by atoms with van der Waals surface area (Å²) in [6.45, 7) is 1.93. The van der Waals surface area contributed by atoms with Crippen LogP contribution in [-0.4, -0.2) is 0 Å². The lowest BCUT2D eigenvalue weighted by Gasteiger charge is -1.85. The third-order valence-corrected chi connectivity index (χ3v) is 1.03. The maximum Gasteiger partial charge on any atom is 0.208 e. The van der Waals surface area contributed by atoms with Gasteiger partial charge >= 0.3 is 0 Å². The Morgan fingerprint density at radius 3 is 2.88 bits per heavy atom. The molecule has 8 heavy (non-hydrogen) atoms. The van der Waals surface area contributed by atoms with E-state index in [9.17, 15) is 0 Å². The summed E-state index contributed by atoms with van der Waals surface area (Å²) >= 11 is 0. The molecular formula is C6H8N2+. The molecule has 0 spiro atoms. The first-order valence-electron chi connectivity index (χ1n) is 2.44. The Hall–Kier alpha value is -1.05. The second-order valence-corrected chi connectivity index (χ2v) is 1.68. The minimum Gasteiger partial charge on any atom is -0.205 e. The van der Waals surface area contributed by atoms with Gasteiger partial charge in [0.15, 0.2) is 6.20 Å². The molecule has 1 radical (unpaired) electrons. The molecule has 0 saturated carbocycles. The quantitative estimate of drug-likeness (QED) is 0.362. The smallest absolute Gasteiger partial charge is 0.205 e. The van der Waals surface area contributed by atoms with E-state index in [4.69, 9.17) is 5.84 Å². The Morgan fingerprint density at radius 2 is 2.50 bits per heavy atom. The zero-order valence-electron chi connectivity index (χ0n) is 4.76. The van der Waals surface area contributed by atoms with Crippen molar-refractivity contribution < 1.29 is 4.68 Å². The van der Waals surface area contributed by atoms with Crippen LogP contribution >= 0.6 is 0 Å². The lowest BCUT2D eigenvalue weighted by Crippen LogP contribution is -2.46. The van der Waals surface area contributed by atoms with Crippen LogP contribution in [0.3, 0.4) is 0 Å². The predicted octanol–water partition coefficient (Wildman–Crippen LogP) is -0.203. The van der Waals surface area contributed by atoms with E-state index in [1.54, 1.807) is 16.9 Å². The highest BCUT2D eigenvalue weighted by Gasteiger charge is 1.94. The minimum atomic E-state index is 1.01. The topological polar surface area (TPSA) is 29.9 Å². The second kappa shape index (κ2) is 1.82. The van der Waals surface area contributed by atoms with E-state index >= 15 is 0 Å². The van der Waals surface area contributed by atoms with E-state index in [-0.39, 0.29) is 0 Å². The molecule has 0 fully saturated rings. The lowest BCUT2D eigenvalue weighted by atomic mass is 10.4. The Labute approximate surface area is 48.5 Å². The summed E-state index contributed by atoms with van der Waals surface area (Å²) < 4.78 is 1.55. The van der Waals surface area contributed by atoms with E-state index in [0.29, 0.717) is 0 Å². The summed E-state index contributed by atoms with van der Waals surface area (Å²) in [5.41, 5.74) is 1.01. The van der Waals surface area contributed by atoms with Crippen molar-refractivity contribution in [2.45, 2.75) is 6.92 Å². The maximum absolute atomic E-state index is 5.42. The summed E-state index contributed by atoms with van der Waals surface area (Å²) in [6, 6.07) is 6.50. The van der Waals surface area contributed by atoms with Crippen LogP contribution in [0.1, 0.15) is 5.69 Å². The molecule has 0 amide bonds. The van der Waals surface area contributed by atoms with Crippen molar-refractivity contribution in [2.24, 2.45) is 0 Å². The van der Waals surface area contributed by atoms with Crippen LogP contribution in [0.2, 0.25) is 0 Å². The summed E-state index contributed by atoms with van der Waals surface area (Å²) in [4.78, 5) is 0. The molecule has 41 valence electrons. The molecule has 0 saturated heterocycles. The zero-order valence-corrected chi connectivity index (χ0v) is 4.76. The van der Waals surface area contributed by atoms with Gasteiger partial charge < -0.3 is 0 Å². The summed E-state index contributed by atoms with van der Waals surface area (Å²) in [5.74, 6) is 5.42. The number of rotatable bonds is 0. The van der Waals surface area contributed by atoms with E-state index in [0.717, 1.165) is 5.69 Å². The van der Waals surface area contributed by atoms with Gasteiger partial charge in [0, 0.05) is 19.1 Å². The van der Waals surface area contributed by atoms with Crippen molar-refractivity contribution >= 4 is 0 Å². The SMILES string of the molecule is Cc1c[c]cc[n+]1N. The fraction of sp³-hybridized carbons (Fsp3) is 0.167. The fourth-order valence-electron chi connectivity index (χ4n) is 0.484. The molecule has 1 rings (SSSR count). The van der Waals surface area contributed by atoms with Crippen LogP contribution in [-0.2, 0) is 0 Å². The van der Waals surface area contributed by atoms with Gasteiger partial charge in [0.2, 0.25) is 5.69 Å². The minimum absolute atomic E-state index is 1.01. The summed E-state index contributed by atoms with van der Waals surface area (Å²) in [7, 11) is 0. The van der Waals surface area contributed by atoms with Crippen LogP contribution in [0, 0.1) is 13.0 Å². The average molecular weight is 108 g/mol. The molecule has 0 aliphatic heterocycles. The Morgan fingerprint density at radius 1 is 1.75 bits per heavy atom. The van der Waals surface area contributed by atoms with E-state index in [2.05, 4.69) is 6.07 Å². The molecule has 2 heteroatoms. The normalized spacial score (nSPS) is 9.12. The molecule has 2 N–H and O–H groups in total. The first-order chi connectivity index (χ1) is 3.80. The highest BCUT2D eigenvalue weighted by atomic mass is 15.3. The van der Waals surface area contributed by atoms with Crippen LogP contribution in [0.5, 0.6) is 0 Å². The molecule has 1 aromatic heterocycles. The van der Waals surface area contributed by atoms with E-state index in [1.807, 2.05) is 13.0 Å². The van der Waals surface area contributed by atoms with Gasteiger partial charge in [-0.05, 0) is 6.07 Å². The van der Waals surface area contributed by atoms with Crippen LogP contribution in [0.25, 0.3) is 0 Å². The van der Waals surface area contributed by atoms with Crippen molar-refractivity contribution in [1.29, 1.82) is 0 Å². The molecule has 2 nitrogen and oxygen atoms in total. The third kappa shape index (κ3) is 0.780. The Bertz CT molecular complexity index is 163. The van der Waals surface area contributed by atoms with Gasteiger partial charge in [0.05, 0.1) is 0 Å². The number of hydrogen-bond donors (Lipinski definition) is 1. The molecular weight excluding hydrogens is 100 g/mol. The van der Waals surface area contributed by atoms with Crippen molar-refractivity contribution in [3.63, 3.8) is 0 Å². The number of nitrogens with zero attached hydrogens (tertiary/aromatic N) is 1. The highest BCUT2D eigenvalue weighted by molar-refractivity contribution is 4.91. The molecule has 1 heterocycles. The van der Waals surface area contributed by atoms with Gasteiger partial charge in [-0.25, -0.2) is 5.84 Å². The number of aromatic nitrogens is 1. The molecule has 0 bridgehead atoms. The number of aryl methyl sites for hydroxylation is 1. The number of nitrogens with two attached hydrogens (primary N) is 1. The molecule has 0 atom stereocenters. The number of pyridine rings is 1. The fourth-order valence-corrected chi connectivity index (χ4v) is 0.484. The van der Waals surface area contributed by atoms with Gasteiger partial charge in [-0.15, -0.1) is 0 Å². The number of nitrogen functional groups attached to an aromatic ring is 1. The van der Waals surface area contributed by atoms with Crippen LogP contribution in [0.4, 0.5) is 0 Å². The Balaban J connectivity index is 3.13. The van der Waals surface area contributed by atoms with Crippen LogP contribution < -0.4 is 10.5 Å². The summed E-state index contributed by atoms with van der Waals surface area (Å²) in [5, 5.41) is 0. The van der Waals surface area contributed by atoms with Crippen molar-refractivity contribution in [3.8, 4) is 0 Å². The maximum atomic E-state index is 5.42. The predicted molar refractivity (Wildman–Crippen MR) is 30.4 cm³/mol. The van der Waals surface area contributed by atoms with Crippen molar-refractivity contribution in [2.75, 3.05) is 5.84 Å². The highest BCUT2D eigenvalue weighted by Crippen LogP contribution is 1.81. The van der Waals surface area contributed by atoms with Crippen molar-refractivity contribution in [1.82, 2.24) is 0 Å². The third-order valence-electron chi connectivity index (χ3n) is 1.03. The van der Waals surface area contributed by atoms with Crippen LogP contribution in [0.15, 0.2) is 18.3 Å². The second-order valence-electron chi connectivity index (χ2n) is 1.68. The van der Waals surface area contributed by atoms with Gasteiger partial charge in [-0.1, -0.05) is 4.68 Å². The Kier molecular flexibility index (Phi) is 1.16. The van der Waals surface area contributed by atoms with Gasteiger partial charge in [-0.3, -0.25) is 0 Å². The van der Waals surface area contributed by atoms with E-state index in [1.165, 1.54) is 0 Å².